The highest BCUT2D eigenvalue weighted by Gasteiger charge is 2.23. The molecule has 2 fully saturated rings. The molecule has 3 nitrogen and oxygen atoms in total. The molecule has 0 aromatic heterocycles. The summed E-state index contributed by atoms with van der Waals surface area (Å²) in [6.45, 7) is 5.71. The highest BCUT2D eigenvalue weighted by Crippen LogP contribution is 2.19. The summed E-state index contributed by atoms with van der Waals surface area (Å²) >= 11 is 2.09. The van der Waals surface area contributed by atoms with Crippen molar-refractivity contribution in [3.8, 4) is 0 Å². The number of nitrogens with one attached hydrogen (secondary N) is 1. The Morgan fingerprint density at radius 1 is 1.44 bits per heavy atom. The second-order valence-electron chi connectivity index (χ2n) is 4.92. The van der Waals surface area contributed by atoms with Crippen LogP contribution in [0.1, 0.15) is 12.8 Å². The molecule has 16 heavy (non-hydrogen) atoms. The molecular weight excluding hydrogens is 220 g/mol. The largest absolute Gasteiger partial charge is 0.383 e. The van der Waals surface area contributed by atoms with Gasteiger partial charge in [-0.15, -0.1) is 0 Å². The van der Waals surface area contributed by atoms with Crippen LogP contribution in [-0.4, -0.2) is 62.3 Å². The molecule has 0 aromatic carbocycles. The molecule has 94 valence electrons. The Hall–Kier alpha value is 0.230. The van der Waals surface area contributed by atoms with Gasteiger partial charge in [-0.05, 0) is 37.6 Å². The standard InChI is InChI=1S/C12H24N2OS/c1-15-6-5-14-4-2-11(9-14)8-13-12-3-7-16-10-12/h11-13H,2-10H2,1H3. The molecule has 0 radical (unpaired) electrons. The molecule has 2 atom stereocenters. The van der Waals surface area contributed by atoms with Gasteiger partial charge < -0.3 is 15.0 Å². The van der Waals surface area contributed by atoms with Gasteiger partial charge in [0.15, 0.2) is 0 Å². The van der Waals surface area contributed by atoms with Crippen molar-refractivity contribution in [2.24, 2.45) is 5.92 Å². The van der Waals surface area contributed by atoms with Crippen LogP contribution in [0, 0.1) is 5.92 Å². The van der Waals surface area contributed by atoms with E-state index in [2.05, 4.69) is 22.0 Å². The van der Waals surface area contributed by atoms with Gasteiger partial charge in [0.2, 0.25) is 0 Å². The van der Waals surface area contributed by atoms with Gasteiger partial charge in [0, 0.05) is 32.0 Å². The minimum Gasteiger partial charge on any atom is -0.383 e. The number of hydrogen-bond acceptors (Lipinski definition) is 4. The molecule has 0 bridgehead atoms. The summed E-state index contributed by atoms with van der Waals surface area (Å²) in [5.74, 6) is 3.53. The minimum atomic E-state index is 0.790. The van der Waals surface area contributed by atoms with Crippen molar-refractivity contribution in [2.75, 3.05) is 51.4 Å². The van der Waals surface area contributed by atoms with Crippen molar-refractivity contribution in [1.29, 1.82) is 0 Å². The van der Waals surface area contributed by atoms with Gasteiger partial charge in [0.25, 0.3) is 0 Å². The highest BCUT2D eigenvalue weighted by molar-refractivity contribution is 7.99. The second-order valence-corrected chi connectivity index (χ2v) is 6.07. The molecule has 2 aliphatic heterocycles. The summed E-state index contributed by atoms with van der Waals surface area (Å²) in [4.78, 5) is 2.53. The van der Waals surface area contributed by atoms with Gasteiger partial charge in [0.1, 0.15) is 0 Å². The molecule has 1 N–H and O–H groups in total. The summed E-state index contributed by atoms with van der Waals surface area (Å²) in [7, 11) is 1.78. The van der Waals surface area contributed by atoms with Gasteiger partial charge in [-0.2, -0.15) is 11.8 Å². The minimum absolute atomic E-state index is 0.790. The molecule has 0 aliphatic carbocycles. The van der Waals surface area contributed by atoms with E-state index in [1.165, 1.54) is 44.0 Å². The number of methoxy groups -OCH3 is 1. The van der Waals surface area contributed by atoms with E-state index in [1.54, 1.807) is 7.11 Å². The predicted octanol–water partition coefficient (Wildman–Crippen LogP) is 1.05. The number of nitrogens with zero attached hydrogens (tertiary/aromatic N) is 1. The fourth-order valence-electron chi connectivity index (χ4n) is 2.53. The molecule has 2 heterocycles. The van der Waals surface area contributed by atoms with E-state index in [0.29, 0.717) is 0 Å². The van der Waals surface area contributed by atoms with Crippen molar-refractivity contribution in [3.05, 3.63) is 0 Å². The lowest BCUT2D eigenvalue weighted by atomic mass is 10.1. The fourth-order valence-corrected chi connectivity index (χ4v) is 3.72. The average Bonchev–Trinajstić information content (AvgIpc) is 2.95. The summed E-state index contributed by atoms with van der Waals surface area (Å²) in [5.41, 5.74) is 0. The van der Waals surface area contributed by atoms with Crippen LogP contribution in [0.4, 0.5) is 0 Å². The summed E-state index contributed by atoms with van der Waals surface area (Å²) in [5, 5.41) is 3.72. The summed E-state index contributed by atoms with van der Waals surface area (Å²) in [6.07, 6.45) is 2.72. The van der Waals surface area contributed by atoms with E-state index in [-0.39, 0.29) is 0 Å². The zero-order chi connectivity index (χ0) is 11.2. The molecular formula is C12H24N2OS. The quantitative estimate of drug-likeness (QED) is 0.755. The van der Waals surface area contributed by atoms with E-state index in [4.69, 9.17) is 4.74 Å². The summed E-state index contributed by atoms with van der Waals surface area (Å²) in [6, 6.07) is 0.790. The lowest BCUT2D eigenvalue weighted by Crippen LogP contribution is -2.34. The third-order valence-corrected chi connectivity index (χ3v) is 4.77. The molecule has 0 aromatic rings. The van der Waals surface area contributed by atoms with Crippen molar-refractivity contribution >= 4 is 11.8 Å². The lowest BCUT2D eigenvalue weighted by Gasteiger charge is -2.17. The van der Waals surface area contributed by atoms with Crippen LogP contribution in [0.3, 0.4) is 0 Å². The monoisotopic (exact) mass is 244 g/mol. The first-order valence-corrected chi connectivity index (χ1v) is 7.56. The molecule has 0 amide bonds. The maximum absolute atomic E-state index is 5.12. The van der Waals surface area contributed by atoms with Crippen LogP contribution in [0.15, 0.2) is 0 Å². The van der Waals surface area contributed by atoms with E-state index in [9.17, 15) is 0 Å². The van der Waals surface area contributed by atoms with Gasteiger partial charge >= 0.3 is 0 Å². The maximum Gasteiger partial charge on any atom is 0.0589 e. The van der Waals surface area contributed by atoms with Crippen LogP contribution in [0.2, 0.25) is 0 Å². The molecule has 0 saturated carbocycles. The number of likely N-dealkylation sites (tertiary alicyclic amines) is 1. The Balaban J connectivity index is 1.57. The van der Waals surface area contributed by atoms with Crippen LogP contribution in [0.5, 0.6) is 0 Å². The first-order chi connectivity index (χ1) is 7.88. The number of hydrogen-bond donors (Lipinski definition) is 1. The van der Waals surface area contributed by atoms with Crippen molar-refractivity contribution < 1.29 is 4.74 Å². The number of thioether (sulfide) groups is 1. The molecule has 2 unspecified atom stereocenters. The van der Waals surface area contributed by atoms with E-state index < -0.39 is 0 Å². The molecule has 2 rings (SSSR count). The first-order valence-electron chi connectivity index (χ1n) is 6.41. The zero-order valence-electron chi connectivity index (χ0n) is 10.3. The molecule has 0 spiro atoms. The first kappa shape index (κ1) is 12.7. The van der Waals surface area contributed by atoms with Crippen molar-refractivity contribution in [2.45, 2.75) is 18.9 Å². The average molecular weight is 244 g/mol. The normalized spacial score (nSPS) is 31.3. The Morgan fingerprint density at radius 2 is 2.38 bits per heavy atom. The van der Waals surface area contributed by atoms with Crippen molar-refractivity contribution in [3.63, 3.8) is 0 Å². The topological polar surface area (TPSA) is 24.5 Å². The fraction of sp³-hybridized carbons (Fsp3) is 1.00. The Morgan fingerprint density at radius 3 is 3.12 bits per heavy atom. The van der Waals surface area contributed by atoms with E-state index >= 15 is 0 Å². The molecule has 4 heteroatoms. The van der Waals surface area contributed by atoms with Gasteiger partial charge in [-0.1, -0.05) is 0 Å². The molecule has 2 saturated heterocycles. The number of rotatable bonds is 6. The van der Waals surface area contributed by atoms with Crippen LogP contribution >= 0.6 is 11.8 Å². The van der Waals surface area contributed by atoms with Gasteiger partial charge in [-0.3, -0.25) is 0 Å². The van der Waals surface area contributed by atoms with E-state index in [0.717, 1.165) is 25.1 Å². The van der Waals surface area contributed by atoms with Crippen LogP contribution < -0.4 is 5.32 Å². The van der Waals surface area contributed by atoms with Crippen LogP contribution in [0.25, 0.3) is 0 Å². The third-order valence-electron chi connectivity index (χ3n) is 3.61. The van der Waals surface area contributed by atoms with Gasteiger partial charge in [0.05, 0.1) is 6.61 Å². The molecule has 2 aliphatic rings. The Kier molecular flexibility index (Phi) is 5.42. The lowest BCUT2D eigenvalue weighted by molar-refractivity contribution is 0.158. The Labute approximate surface area is 103 Å². The smallest absolute Gasteiger partial charge is 0.0589 e. The SMILES string of the molecule is COCCN1CCC(CNC2CCSC2)C1. The van der Waals surface area contributed by atoms with Gasteiger partial charge in [-0.25, -0.2) is 0 Å². The number of ether oxygens (including phenoxy) is 1. The van der Waals surface area contributed by atoms with E-state index in [1.807, 2.05) is 0 Å². The zero-order valence-corrected chi connectivity index (χ0v) is 11.1. The van der Waals surface area contributed by atoms with Crippen molar-refractivity contribution in [1.82, 2.24) is 10.2 Å². The Bertz CT molecular complexity index is 197. The predicted molar refractivity (Wildman–Crippen MR) is 70.2 cm³/mol. The highest BCUT2D eigenvalue weighted by atomic mass is 32.2. The second kappa shape index (κ2) is 6.84. The van der Waals surface area contributed by atoms with Crippen LogP contribution in [-0.2, 0) is 4.74 Å². The maximum atomic E-state index is 5.12. The third kappa shape index (κ3) is 3.91. The summed E-state index contributed by atoms with van der Waals surface area (Å²) < 4.78 is 5.12.